The van der Waals surface area contributed by atoms with E-state index in [1.807, 2.05) is 0 Å². The van der Waals surface area contributed by atoms with Crippen LogP contribution in [0.15, 0.2) is 48.5 Å². The lowest BCUT2D eigenvalue weighted by Gasteiger charge is -2.33. The molecule has 164 valence electrons. The van der Waals surface area contributed by atoms with Crippen LogP contribution in [-0.2, 0) is 34.0 Å². The maximum absolute atomic E-state index is 13.0. The largest absolute Gasteiger partial charge is 0.416 e. The van der Waals surface area contributed by atoms with Gasteiger partial charge < -0.3 is 15.4 Å². The van der Waals surface area contributed by atoms with Crippen LogP contribution in [0.4, 0.5) is 26.3 Å². The average Bonchev–Trinajstić information content (AvgIpc) is 2.67. The Kier molecular flexibility index (Phi) is 7.49. The van der Waals surface area contributed by atoms with Crippen LogP contribution in [0.1, 0.15) is 22.3 Å². The van der Waals surface area contributed by atoms with E-state index in [0.717, 1.165) is 0 Å². The van der Waals surface area contributed by atoms with E-state index in [1.165, 1.54) is 0 Å². The second kappa shape index (κ2) is 9.48. The number of alkyl halides is 6. The topological polar surface area (TPSA) is 50.4 Å². The molecule has 0 spiro atoms. The molecule has 30 heavy (non-hydrogen) atoms. The van der Waals surface area contributed by atoms with Gasteiger partial charge in [-0.2, -0.15) is 26.3 Å². The number of hydrogen-bond acceptors (Lipinski definition) is 3. The van der Waals surface area contributed by atoms with Crippen LogP contribution in [0.3, 0.4) is 0 Å². The van der Waals surface area contributed by atoms with Crippen molar-refractivity contribution < 1.29 is 35.9 Å². The minimum atomic E-state index is -4.94. The van der Waals surface area contributed by atoms with E-state index in [4.69, 9.17) is 4.74 Å². The fraction of sp³-hybridized carbons (Fsp3) is 0.350. The highest BCUT2D eigenvalue weighted by atomic mass is 19.4. The summed E-state index contributed by atoms with van der Waals surface area (Å²) in [5, 5.41) is 5.54. The van der Waals surface area contributed by atoms with Crippen LogP contribution < -0.4 is 10.6 Å². The Balaban J connectivity index is 2.29. The average molecular weight is 434 g/mol. The second-order valence-corrected chi connectivity index (χ2v) is 6.65. The van der Waals surface area contributed by atoms with Gasteiger partial charge in [-0.3, -0.25) is 4.79 Å². The van der Waals surface area contributed by atoms with Crippen molar-refractivity contribution in [2.75, 3.05) is 20.2 Å². The fourth-order valence-electron chi connectivity index (χ4n) is 3.03. The van der Waals surface area contributed by atoms with Gasteiger partial charge in [0, 0.05) is 6.54 Å². The summed E-state index contributed by atoms with van der Waals surface area (Å²) in [5.74, 6) is 0. The van der Waals surface area contributed by atoms with Crippen LogP contribution in [0, 0.1) is 0 Å². The van der Waals surface area contributed by atoms with Crippen LogP contribution in [-0.4, -0.2) is 26.6 Å². The van der Waals surface area contributed by atoms with Gasteiger partial charge in [-0.15, -0.1) is 0 Å². The van der Waals surface area contributed by atoms with Crippen molar-refractivity contribution in [3.63, 3.8) is 0 Å². The molecular weight excluding hydrogens is 414 g/mol. The smallest absolute Gasteiger partial charge is 0.374 e. The van der Waals surface area contributed by atoms with Gasteiger partial charge in [0.25, 0.3) is 0 Å². The Bertz CT molecular complexity index is 807. The van der Waals surface area contributed by atoms with Gasteiger partial charge in [-0.05, 0) is 36.4 Å². The first-order valence-electron chi connectivity index (χ1n) is 8.79. The van der Waals surface area contributed by atoms with Crippen molar-refractivity contribution >= 4 is 6.41 Å². The summed E-state index contributed by atoms with van der Waals surface area (Å²) in [5.41, 5.74) is -3.51. The van der Waals surface area contributed by atoms with Crippen molar-refractivity contribution in [1.29, 1.82) is 0 Å². The molecule has 2 rings (SSSR count). The zero-order valence-electron chi connectivity index (χ0n) is 15.9. The number of likely N-dealkylation sites (N-methyl/N-ethyl adjacent to an activating group) is 1. The minimum absolute atomic E-state index is 0.0622. The van der Waals surface area contributed by atoms with E-state index in [0.29, 0.717) is 24.1 Å². The number of carbonyl (C=O) groups is 1. The number of benzene rings is 2. The van der Waals surface area contributed by atoms with Crippen LogP contribution in [0.25, 0.3) is 0 Å². The van der Waals surface area contributed by atoms with E-state index in [-0.39, 0.29) is 24.8 Å². The van der Waals surface area contributed by atoms with Crippen LogP contribution >= 0.6 is 0 Å². The fourth-order valence-corrected chi connectivity index (χ4v) is 3.03. The van der Waals surface area contributed by atoms with Gasteiger partial charge in [0.1, 0.15) is 5.54 Å². The first kappa shape index (κ1) is 23.7. The second-order valence-electron chi connectivity index (χ2n) is 6.65. The molecule has 0 aliphatic rings. The molecule has 0 aliphatic carbocycles. The summed E-state index contributed by atoms with van der Waals surface area (Å²) in [6.07, 6.45) is -9.41. The Morgan fingerprint density at radius 1 is 0.900 bits per heavy atom. The molecule has 0 aromatic heterocycles. The van der Waals surface area contributed by atoms with Gasteiger partial charge in [0.2, 0.25) is 6.41 Å². The summed E-state index contributed by atoms with van der Waals surface area (Å²) in [6.45, 7) is -0.480. The Hall–Kier alpha value is -2.59. The highest BCUT2D eigenvalue weighted by Gasteiger charge is 2.37. The van der Waals surface area contributed by atoms with Crippen molar-refractivity contribution in [3.05, 3.63) is 70.8 Å². The van der Waals surface area contributed by atoms with Crippen LogP contribution in [0.5, 0.6) is 0 Å². The molecule has 0 aliphatic heterocycles. The molecule has 2 aromatic carbocycles. The quantitative estimate of drug-likeness (QED) is 0.462. The number of halogens is 6. The molecule has 0 heterocycles. The highest BCUT2D eigenvalue weighted by molar-refractivity contribution is 5.50. The molecule has 0 saturated carbocycles. The molecule has 0 unspecified atom stereocenters. The predicted octanol–water partition coefficient (Wildman–Crippen LogP) is 4.10. The number of ether oxygens (including phenoxy) is 1. The number of carbonyl (C=O) groups excluding carboxylic acids is 1. The Labute approximate surface area is 169 Å². The third kappa shape index (κ3) is 5.96. The lowest BCUT2D eigenvalue weighted by atomic mass is 9.90. The lowest BCUT2D eigenvalue weighted by molar-refractivity contribution is -0.143. The zero-order chi connectivity index (χ0) is 22.4. The van der Waals surface area contributed by atoms with E-state index in [9.17, 15) is 31.1 Å². The first-order valence-corrected chi connectivity index (χ1v) is 8.79. The molecule has 2 aromatic rings. The number of amides is 1. The third-order valence-corrected chi connectivity index (χ3v) is 4.40. The van der Waals surface area contributed by atoms with Crippen molar-refractivity contribution in [2.24, 2.45) is 0 Å². The normalized spacial score (nSPS) is 14.2. The van der Waals surface area contributed by atoms with Gasteiger partial charge in [-0.25, -0.2) is 0 Å². The van der Waals surface area contributed by atoms with Gasteiger partial charge >= 0.3 is 12.4 Å². The summed E-state index contributed by atoms with van der Waals surface area (Å²) in [6, 6.07) is 9.97. The standard InChI is InChI=1S/C20H20F6N2O2/c1-27-11-18(28-13-29,15-5-3-2-4-6-15)12-30-10-14-7-16(19(21,22)23)9-17(8-14)20(24,25)26/h2-9,13,27H,10-12H2,1H3,(H,28,29)/t18-/m1/s1. The van der Waals surface area contributed by atoms with Crippen molar-refractivity contribution in [3.8, 4) is 0 Å². The Morgan fingerprint density at radius 2 is 1.47 bits per heavy atom. The molecule has 2 N–H and O–H groups in total. The SMILES string of the molecule is CNC[C@](COCc1cc(C(F)(F)F)cc(C(F)(F)F)c1)(NC=O)c1ccccc1. The molecule has 0 fully saturated rings. The molecule has 0 saturated heterocycles. The predicted molar refractivity (Wildman–Crippen MR) is 97.3 cm³/mol. The number of nitrogens with one attached hydrogen (secondary N) is 2. The van der Waals surface area contributed by atoms with Crippen molar-refractivity contribution in [2.45, 2.75) is 24.5 Å². The van der Waals surface area contributed by atoms with E-state index >= 15 is 0 Å². The molecule has 0 bridgehead atoms. The van der Waals surface area contributed by atoms with Crippen molar-refractivity contribution in [1.82, 2.24) is 10.6 Å². The van der Waals surface area contributed by atoms with Gasteiger partial charge in [0.05, 0.1) is 24.3 Å². The zero-order valence-corrected chi connectivity index (χ0v) is 15.9. The molecular formula is C20H20F6N2O2. The lowest BCUT2D eigenvalue weighted by Crippen LogP contribution is -2.52. The maximum Gasteiger partial charge on any atom is 0.416 e. The number of hydrogen-bond donors (Lipinski definition) is 2. The molecule has 4 nitrogen and oxygen atoms in total. The monoisotopic (exact) mass is 434 g/mol. The third-order valence-electron chi connectivity index (χ3n) is 4.40. The van der Waals surface area contributed by atoms with E-state index in [1.54, 1.807) is 37.4 Å². The summed E-state index contributed by atoms with van der Waals surface area (Å²) < 4.78 is 83.5. The van der Waals surface area contributed by atoms with Gasteiger partial charge in [0.15, 0.2) is 0 Å². The number of rotatable bonds is 9. The summed E-state index contributed by atoms with van der Waals surface area (Å²) in [7, 11) is 1.63. The van der Waals surface area contributed by atoms with E-state index in [2.05, 4.69) is 10.6 Å². The summed E-state index contributed by atoms with van der Waals surface area (Å²) >= 11 is 0. The molecule has 1 amide bonds. The van der Waals surface area contributed by atoms with Gasteiger partial charge in [-0.1, -0.05) is 30.3 Å². The minimum Gasteiger partial charge on any atom is -0.374 e. The molecule has 0 radical (unpaired) electrons. The maximum atomic E-state index is 13.0. The molecule has 10 heteroatoms. The Morgan fingerprint density at radius 3 is 1.93 bits per heavy atom. The van der Waals surface area contributed by atoms with E-state index < -0.39 is 35.6 Å². The highest BCUT2D eigenvalue weighted by Crippen LogP contribution is 2.36. The summed E-state index contributed by atoms with van der Waals surface area (Å²) in [4.78, 5) is 11.2. The van der Waals surface area contributed by atoms with Crippen LogP contribution in [0.2, 0.25) is 0 Å². The molecule has 1 atom stereocenters. The first-order chi connectivity index (χ1) is 14.0.